The Bertz CT molecular complexity index is 846. The highest BCUT2D eigenvalue weighted by Crippen LogP contribution is 2.29. The molecular formula is C14H16N4O5S. The molecule has 0 aliphatic carbocycles. The highest BCUT2D eigenvalue weighted by Gasteiger charge is 2.30. The summed E-state index contributed by atoms with van der Waals surface area (Å²) in [7, 11) is -3.25. The number of piperidine rings is 1. The number of aromatic nitrogens is 2. The lowest BCUT2D eigenvalue weighted by Crippen LogP contribution is -2.38. The van der Waals surface area contributed by atoms with Crippen LogP contribution in [0, 0.1) is 10.1 Å². The van der Waals surface area contributed by atoms with Gasteiger partial charge < -0.3 is 4.52 Å². The van der Waals surface area contributed by atoms with Gasteiger partial charge in [-0.1, -0.05) is 5.16 Å². The predicted molar refractivity (Wildman–Crippen MR) is 84.8 cm³/mol. The van der Waals surface area contributed by atoms with Crippen molar-refractivity contribution in [3.63, 3.8) is 0 Å². The van der Waals surface area contributed by atoms with Crippen molar-refractivity contribution in [1.82, 2.24) is 14.4 Å². The van der Waals surface area contributed by atoms with E-state index in [0.717, 1.165) is 12.8 Å². The van der Waals surface area contributed by atoms with Crippen LogP contribution in [0.3, 0.4) is 0 Å². The van der Waals surface area contributed by atoms with Crippen LogP contribution in [0.4, 0.5) is 5.69 Å². The van der Waals surface area contributed by atoms with Crippen molar-refractivity contribution in [1.29, 1.82) is 0 Å². The lowest BCUT2D eigenvalue weighted by atomic mass is 10.00. The van der Waals surface area contributed by atoms with Crippen LogP contribution in [-0.2, 0) is 10.0 Å². The Kier molecular flexibility index (Phi) is 4.33. The molecule has 1 atom stereocenters. The Morgan fingerprint density at radius 2 is 2.04 bits per heavy atom. The molecule has 3 rings (SSSR count). The summed E-state index contributed by atoms with van der Waals surface area (Å²) in [4.78, 5) is 14.5. The molecule has 0 amide bonds. The molecule has 1 saturated heterocycles. The first kappa shape index (κ1) is 16.5. The van der Waals surface area contributed by atoms with Gasteiger partial charge in [0.15, 0.2) is 0 Å². The quantitative estimate of drug-likeness (QED) is 0.607. The number of non-ortho nitro benzene ring substituents is 1. The molecule has 128 valence electrons. The van der Waals surface area contributed by atoms with Crippen LogP contribution in [0.15, 0.2) is 28.8 Å². The van der Waals surface area contributed by atoms with Gasteiger partial charge in [-0.15, -0.1) is 0 Å². The molecule has 0 N–H and O–H groups in total. The topological polar surface area (TPSA) is 119 Å². The maximum absolute atomic E-state index is 11.7. The minimum absolute atomic E-state index is 0.0152. The number of hydrogen-bond donors (Lipinski definition) is 0. The molecule has 1 fully saturated rings. The summed E-state index contributed by atoms with van der Waals surface area (Å²) in [5.74, 6) is 0.570. The summed E-state index contributed by atoms with van der Waals surface area (Å²) < 4.78 is 30.1. The van der Waals surface area contributed by atoms with Crippen molar-refractivity contribution >= 4 is 15.7 Å². The summed E-state index contributed by atoms with van der Waals surface area (Å²) in [6, 6.07) is 5.85. The van der Waals surface area contributed by atoms with Crippen molar-refractivity contribution in [2.45, 2.75) is 18.8 Å². The fourth-order valence-electron chi connectivity index (χ4n) is 2.70. The normalized spacial score (nSPS) is 19.3. The molecule has 0 bridgehead atoms. The Labute approximate surface area is 138 Å². The van der Waals surface area contributed by atoms with Gasteiger partial charge in [0.25, 0.3) is 5.69 Å². The van der Waals surface area contributed by atoms with E-state index in [1.54, 1.807) is 12.1 Å². The maximum atomic E-state index is 11.7. The molecule has 1 aromatic heterocycles. The minimum atomic E-state index is -3.25. The average molecular weight is 352 g/mol. The number of nitrogens with zero attached hydrogens (tertiary/aromatic N) is 4. The monoisotopic (exact) mass is 352 g/mol. The van der Waals surface area contributed by atoms with Crippen molar-refractivity contribution in [3.05, 3.63) is 40.3 Å². The van der Waals surface area contributed by atoms with Gasteiger partial charge in [0, 0.05) is 30.8 Å². The third kappa shape index (κ3) is 3.44. The predicted octanol–water partition coefficient (Wildman–Crippen LogP) is 1.78. The van der Waals surface area contributed by atoms with E-state index in [1.165, 1.54) is 22.7 Å². The summed E-state index contributed by atoms with van der Waals surface area (Å²) in [6.07, 6.45) is 2.69. The van der Waals surface area contributed by atoms with Gasteiger partial charge in [0.1, 0.15) is 0 Å². The van der Waals surface area contributed by atoms with Gasteiger partial charge >= 0.3 is 0 Å². The molecule has 0 saturated carbocycles. The summed E-state index contributed by atoms with van der Waals surface area (Å²) in [6.45, 7) is 0.819. The Morgan fingerprint density at radius 3 is 2.67 bits per heavy atom. The van der Waals surface area contributed by atoms with E-state index in [2.05, 4.69) is 10.1 Å². The minimum Gasteiger partial charge on any atom is -0.339 e. The number of hydrogen-bond acceptors (Lipinski definition) is 7. The number of nitro groups is 1. The average Bonchev–Trinajstić information content (AvgIpc) is 3.04. The summed E-state index contributed by atoms with van der Waals surface area (Å²) in [5, 5.41) is 14.6. The highest BCUT2D eigenvalue weighted by molar-refractivity contribution is 7.88. The van der Waals surface area contributed by atoms with E-state index in [0.29, 0.717) is 30.4 Å². The number of sulfonamides is 1. The van der Waals surface area contributed by atoms with Crippen LogP contribution < -0.4 is 0 Å². The fourth-order valence-corrected chi connectivity index (χ4v) is 3.61. The number of benzene rings is 1. The molecule has 24 heavy (non-hydrogen) atoms. The molecule has 2 aromatic rings. The van der Waals surface area contributed by atoms with E-state index in [1.807, 2.05) is 0 Å². The standard InChI is InChI=1S/C14H16N4O5S/c1-24(21,22)17-8-2-3-11(9-17)14-15-13(16-23-14)10-4-6-12(7-5-10)18(19)20/h4-7,11H,2-3,8-9H2,1H3/t11-/m0/s1. The Hall–Kier alpha value is -2.33. The van der Waals surface area contributed by atoms with Gasteiger partial charge in [0.05, 0.1) is 17.1 Å². The van der Waals surface area contributed by atoms with E-state index in [9.17, 15) is 18.5 Å². The Balaban J connectivity index is 1.79. The van der Waals surface area contributed by atoms with Gasteiger partial charge in [-0.3, -0.25) is 10.1 Å². The van der Waals surface area contributed by atoms with Crippen molar-refractivity contribution in [2.75, 3.05) is 19.3 Å². The van der Waals surface area contributed by atoms with Crippen molar-refractivity contribution < 1.29 is 17.9 Å². The third-order valence-electron chi connectivity index (χ3n) is 3.98. The highest BCUT2D eigenvalue weighted by atomic mass is 32.2. The van der Waals surface area contributed by atoms with Crippen molar-refractivity contribution in [2.24, 2.45) is 0 Å². The first-order chi connectivity index (χ1) is 11.3. The van der Waals surface area contributed by atoms with Crippen LogP contribution in [0.5, 0.6) is 0 Å². The Morgan fingerprint density at radius 1 is 1.33 bits per heavy atom. The van der Waals surface area contributed by atoms with Crippen LogP contribution in [0.1, 0.15) is 24.7 Å². The molecule has 1 aliphatic rings. The second-order valence-corrected chi connectivity index (χ2v) is 7.70. The van der Waals surface area contributed by atoms with Crippen LogP contribution in [0.25, 0.3) is 11.4 Å². The van der Waals surface area contributed by atoms with E-state index in [-0.39, 0.29) is 11.6 Å². The molecule has 0 unspecified atom stereocenters. The molecule has 1 aliphatic heterocycles. The van der Waals surface area contributed by atoms with Crippen LogP contribution in [-0.4, -0.2) is 47.1 Å². The molecule has 1 aromatic carbocycles. The van der Waals surface area contributed by atoms with Gasteiger partial charge in [-0.2, -0.15) is 4.98 Å². The molecule has 0 spiro atoms. The van der Waals surface area contributed by atoms with E-state index < -0.39 is 14.9 Å². The summed E-state index contributed by atoms with van der Waals surface area (Å²) in [5.41, 5.74) is 0.588. The first-order valence-corrected chi connectivity index (χ1v) is 9.23. The zero-order chi connectivity index (χ0) is 17.3. The summed E-state index contributed by atoms with van der Waals surface area (Å²) >= 11 is 0. The third-order valence-corrected chi connectivity index (χ3v) is 5.25. The van der Waals surface area contributed by atoms with E-state index in [4.69, 9.17) is 4.52 Å². The second kappa shape index (κ2) is 6.29. The zero-order valence-electron chi connectivity index (χ0n) is 13.0. The largest absolute Gasteiger partial charge is 0.339 e. The van der Waals surface area contributed by atoms with Crippen molar-refractivity contribution in [3.8, 4) is 11.4 Å². The molecular weight excluding hydrogens is 336 g/mol. The lowest BCUT2D eigenvalue weighted by molar-refractivity contribution is -0.384. The number of rotatable bonds is 4. The SMILES string of the molecule is CS(=O)(=O)N1CCC[C@H](c2nc(-c3ccc([N+](=O)[O-])cc3)no2)C1. The first-order valence-electron chi connectivity index (χ1n) is 7.38. The van der Waals surface area contributed by atoms with Gasteiger partial charge in [-0.05, 0) is 25.0 Å². The molecule has 2 heterocycles. The van der Waals surface area contributed by atoms with Gasteiger partial charge in [0.2, 0.25) is 21.7 Å². The molecule has 10 heteroatoms. The molecule has 9 nitrogen and oxygen atoms in total. The zero-order valence-corrected chi connectivity index (χ0v) is 13.8. The smallest absolute Gasteiger partial charge is 0.269 e. The number of nitro benzene ring substituents is 1. The maximum Gasteiger partial charge on any atom is 0.269 e. The van der Waals surface area contributed by atoms with Gasteiger partial charge in [-0.25, -0.2) is 12.7 Å². The van der Waals surface area contributed by atoms with Crippen LogP contribution >= 0.6 is 0 Å². The molecule has 0 radical (unpaired) electrons. The van der Waals surface area contributed by atoms with E-state index >= 15 is 0 Å². The fraction of sp³-hybridized carbons (Fsp3) is 0.429. The lowest BCUT2D eigenvalue weighted by Gasteiger charge is -2.28. The second-order valence-electron chi connectivity index (χ2n) is 5.72. The van der Waals surface area contributed by atoms with Crippen LogP contribution in [0.2, 0.25) is 0 Å².